The second kappa shape index (κ2) is 31.5. The third-order valence-electron chi connectivity index (χ3n) is 6.98. The summed E-state index contributed by atoms with van der Waals surface area (Å²) in [6.45, 7) is 17.1. The van der Waals surface area contributed by atoms with Gasteiger partial charge in [-0.25, -0.2) is 4.79 Å². The second-order valence-electron chi connectivity index (χ2n) is 10.7. The zero-order valence-corrected chi connectivity index (χ0v) is 28.0. The number of ether oxygens (including phenoxy) is 5. The van der Waals surface area contributed by atoms with E-state index in [1.165, 1.54) is 0 Å². The minimum Gasteiger partial charge on any atom is -0.466 e. The summed E-state index contributed by atoms with van der Waals surface area (Å²) in [7, 11) is 0. The van der Waals surface area contributed by atoms with Gasteiger partial charge in [-0.1, -0.05) is 58.9 Å². The maximum absolute atomic E-state index is 12.4. The van der Waals surface area contributed by atoms with E-state index in [1.54, 1.807) is 0 Å². The number of carbonyl (C=O) groups excluding carboxylic acids is 2. The normalized spacial score (nSPS) is 12.5. The first-order valence-corrected chi connectivity index (χ1v) is 17.0. The number of carbonyl (C=O) groups is 2. The van der Waals surface area contributed by atoms with Crippen LogP contribution in [0.5, 0.6) is 0 Å². The summed E-state index contributed by atoms with van der Waals surface area (Å²) in [5, 5.41) is 0. The summed E-state index contributed by atoms with van der Waals surface area (Å²) in [6.07, 6.45) is 19.7. The summed E-state index contributed by atoms with van der Waals surface area (Å²) in [5.41, 5.74) is 0. The van der Waals surface area contributed by atoms with Crippen LogP contribution in [0.4, 0.5) is 4.79 Å². The fourth-order valence-corrected chi connectivity index (χ4v) is 4.39. The molecule has 0 saturated heterocycles. The van der Waals surface area contributed by atoms with Crippen LogP contribution in [0.2, 0.25) is 0 Å². The molecule has 0 aromatic rings. The van der Waals surface area contributed by atoms with Crippen LogP contribution in [-0.4, -0.2) is 75.5 Å². The molecule has 0 amide bonds. The summed E-state index contributed by atoms with van der Waals surface area (Å²) in [6, 6.07) is 0. The molecular weight excluding hydrogens is 546 g/mol. The quantitative estimate of drug-likeness (QED) is 0.0346. The van der Waals surface area contributed by atoms with Gasteiger partial charge in [0.15, 0.2) is 6.29 Å². The maximum atomic E-state index is 12.4. The molecule has 8 heteroatoms. The van der Waals surface area contributed by atoms with Crippen molar-refractivity contribution >= 4 is 12.1 Å². The lowest BCUT2D eigenvalue weighted by molar-refractivity contribution is -0.159. The second-order valence-corrected chi connectivity index (χ2v) is 10.7. The molecule has 0 spiro atoms. The van der Waals surface area contributed by atoms with Crippen molar-refractivity contribution in [1.82, 2.24) is 4.90 Å². The predicted molar refractivity (Wildman–Crippen MR) is 175 cm³/mol. The van der Waals surface area contributed by atoms with Gasteiger partial charge in [0.05, 0.1) is 19.6 Å². The average Bonchev–Trinajstić information content (AvgIpc) is 3.00. The van der Waals surface area contributed by atoms with E-state index in [2.05, 4.69) is 63.8 Å². The number of esters is 1. The Bertz CT molecular complexity index is 670. The Morgan fingerprint density at radius 1 is 0.698 bits per heavy atom. The van der Waals surface area contributed by atoms with Gasteiger partial charge in [-0.2, -0.15) is 0 Å². The molecule has 0 bridgehead atoms. The fourth-order valence-electron chi connectivity index (χ4n) is 4.39. The number of nitrogens with zero attached hydrogens (tertiary/aromatic N) is 1. The van der Waals surface area contributed by atoms with Gasteiger partial charge in [-0.3, -0.25) is 4.79 Å². The molecular formula is C35H64NO7. The summed E-state index contributed by atoms with van der Waals surface area (Å²) >= 11 is 0. The SMILES string of the molecule is [CH2]CCC(CCCOC(=O)CCC(OCCCC/C=C\CC)OCCCC/C=C\CC)OC(=O)OCCCN(CC)CC. The van der Waals surface area contributed by atoms with Crippen molar-refractivity contribution in [2.24, 2.45) is 0 Å². The molecule has 0 rings (SSSR count). The summed E-state index contributed by atoms with van der Waals surface area (Å²) in [4.78, 5) is 26.8. The third-order valence-corrected chi connectivity index (χ3v) is 6.98. The molecule has 8 nitrogen and oxygen atoms in total. The van der Waals surface area contributed by atoms with Gasteiger partial charge in [-0.15, -0.1) is 0 Å². The minimum atomic E-state index is -0.643. The van der Waals surface area contributed by atoms with Crippen molar-refractivity contribution in [1.29, 1.82) is 0 Å². The monoisotopic (exact) mass is 610 g/mol. The molecule has 0 aliphatic heterocycles. The topological polar surface area (TPSA) is 83.5 Å². The zero-order chi connectivity index (χ0) is 31.8. The lowest BCUT2D eigenvalue weighted by atomic mass is 10.1. The molecule has 0 aromatic heterocycles. The van der Waals surface area contributed by atoms with Crippen molar-refractivity contribution in [3.8, 4) is 0 Å². The smallest absolute Gasteiger partial charge is 0.466 e. The lowest BCUT2D eigenvalue weighted by Crippen LogP contribution is -2.26. The first-order valence-electron chi connectivity index (χ1n) is 17.0. The van der Waals surface area contributed by atoms with Gasteiger partial charge in [0.2, 0.25) is 0 Å². The van der Waals surface area contributed by atoms with E-state index in [-0.39, 0.29) is 25.1 Å². The number of hydrogen-bond donors (Lipinski definition) is 0. The van der Waals surface area contributed by atoms with Crippen molar-refractivity contribution in [3.05, 3.63) is 31.2 Å². The fraction of sp³-hybridized carbons (Fsp3) is 0.800. The van der Waals surface area contributed by atoms with Gasteiger partial charge < -0.3 is 28.6 Å². The van der Waals surface area contributed by atoms with E-state index in [9.17, 15) is 9.59 Å². The first kappa shape index (κ1) is 41.1. The highest BCUT2D eigenvalue weighted by atomic mass is 16.7. The molecule has 1 radical (unpaired) electrons. The van der Waals surface area contributed by atoms with Crippen LogP contribution in [0.3, 0.4) is 0 Å². The summed E-state index contributed by atoms with van der Waals surface area (Å²) in [5.74, 6) is -0.270. The zero-order valence-electron chi connectivity index (χ0n) is 28.0. The molecule has 0 saturated carbocycles. The number of hydrogen-bond acceptors (Lipinski definition) is 8. The first-order chi connectivity index (χ1) is 21.0. The predicted octanol–water partition coefficient (Wildman–Crippen LogP) is 8.59. The van der Waals surface area contributed by atoms with E-state index in [4.69, 9.17) is 23.7 Å². The van der Waals surface area contributed by atoms with Crippen LogP contribution >= 0.6 is 0 Å². The van der Waals surface area contributed by atoms with E-state index >= 15 is 0 Å². The van der Waals surface area contributed by atoms with Crippen LogP contribution in [0.15, 0.2) is 24.3 Å². The van der Waals surface area contributed by atoms with E-state index in [0.717, 1.165) is 77.4 Å². The molecule has 0 aliphatic carbocycles. The highest BCUT2D eigenvalue weighted by Crippen LogP contribution is 2.13. The van der Waals surface area contributed by atoms with E-state index in [0.29, 0.717) is 51.9 Å². The molecule has 0 N–H and O–H groups in total. The molecule has 43 heavy (non-hydrogen) atoms. The van der Waals surface area contributed by atoms with Crippen molar-refractivity contribution in [2.45, 2.75) is 136 Å². The Morgan fingerprint density at radius 3 is 1.86 bits per heavy atom. The molecule has 0 fully saturated rings. The molecule has 0 aliphatic rings. The molecule has 0 aromatic carbocycles. The Labute approximate surface area is 263 Å². The van der Waals surface area contributed by atoms with E-state index < -0.39 is 12.4 Å². The molecule has 251 valence electrons. The highest BCUT2D eigenvalue weighted by Gasteiger charge is 2.16. The third kappa shape index (κ3) is 27.4. The molecule has 0 heterocycles. The number of rotatable bonds is 30. The van der Waals surface area contributed by atoms with Crippen LogP contribution in [0.1, 0.15) is 124 Å². The summed E-state index contributed by atoms with van der Waals surface area (Å²) < 4.78 is 28.2. The van der Waals surface area contributed by atoms with Gasteiger partial charge >= 0.3 is 12.1 Å². The van der Waals surface area contributed by atoms with Crippen molar-refractivity contribution < 1.29 is 33.3 Å². The maximum Gasteiger partial charge on any atom is 0.508 e. The Hall–Kier alpha value is -1.90. The molecule has 1 unspecified atom stereocenters. The number of unbranched alkanes of at least 4 members (excludes halogenated alkanes) is 4. The van der Waals surface area contributed by atoms with Crippen LogP contribution in [0, 0.1) is 6.92 Å². The van der Waals surface area contributed by atoms with Gasteiger partial charge in [0.25, 0.3) is 0 Å². The Kier molecular flexibility index (Phi) is 30.1. The average molecular weight is 611 g/mol. The van der Waals surface area contributed by atoms with Crippen molar-refractivity contribution in [3.63, 3.8) is 0 Å². The van der Waals surface area contributed by atoms with Gasteiger partial charge in [-0.05, 0) is 96.6 Å². The molecule has 1 atom stereocenters. The van der Waals surface area contributed by atoms with Gasteiger partial charge in [0, 0.05) is 26.2 Å². The van der Waals surface area contributed by atoms with Crippen LogP contribution < -0.4 is 0 Å². The van der Waals surface area contributed by atoms with E-state index in [1.807, 2.05) is 0 Å². The van der Waals surface area contributed by atoms with Gasteiger partial charge in [0.1, 0.15) is 6.10 Å². The Morgan fingerprint density at radius 2 is 1.30 bits per heavy atom. The van der Waals surface area contributed by atoms with Crippen LogP contribution in [0.25, 0.3) is 0 Å². The highest BCUT2D eigenvalue weighted by molar-refractivity contribution is 5.69. The minimum absolute atomic E-state index is 0.238. The number of allylic oxidation sites excluding steroid dienone is 4. The largest absolute Gasteiger partial charge is 0.508 e. The standard InChI is InChI=1S/C35H64NO7/c1-6-11-13-15-17-19-28-40-34(41-29-20-18-16-14-12-7-2)26-25-33(37)39-30-21-24-32(23-8-3)43-35(38)42-31-22-27-36(9-4)10-5/h11-14,32,34H,3,6-10,15-31H2,1-2,4-5H3/b13-11-,14-12-. The Balaban J connectivity index is 4.36. The van der Waals surface area contributed by atoms with Crippen LogP contribution in [-0.2, 0) is 28.5 Å². The lowest BCUT2D eigenvalue weighted by Gasteiger charge is -2.19. The van der Waals surface area contributed by atoms with Crippen molar-refractivity contribution in [2.75, 3.05) is 46.1 Å².